The van der Waals surface area contributed by atoms with Crippen LogP contribution in [0.15, 0.2) is 48.5 Å². The zero-order valence-electron chi connectivity index (χ0n) is 30.1. The van der Waals surface area contributed by atoms with E-state index in [-0.39, 0.29) is 24.3 Å². The summed E-state index contributed by atoms with van der Waals surface area (Å²) in [6, 6.07) is 2.26. The molecule has 0 fully saturated rings. The molecule has 0 aromatic heterocycles. The van der Waals surface area contributed by atoms with Crippen LogP contribution >= 0.6 is 0 Å². The number of nitrogens with one attached hydrogen (secondary N) is 2. The van der Waals surface area contributed by atoms with Crippen LogP contribution in [0.4, 0.5) is 152 Å². The van der Waals surface area contributed by atoms with Crippen molar-refractivity contribution in [3.8, 4) is 11.5 Å². The van der Waals surface area contributed by atoms with Crippen LogP contribution < -0.4 is 15.4 Å². The molecule has 67 heavy (non-hydrogen) atoms. The molecule has 0 aliphatic heterocycles. The molecule has 0 atom stereocenters. The number of benzene rings is 2. The molecule has 2 N–H and O–H groups in total. The van der Waals surface area contributed by atoms with Crippen LogP contribution in [-0.2, 0) is 9.59 Å². The molecule has 0 unspecified atom stereocenters. The van der Waals surface area contributed by atoms with Gasteiger partial charge in [-0.3, -0.25) is 9.59 Å². The first-order chi connectivity index (χ1) is 29.3. The maximum atomic E-state index is 14.2. The summed E-state index contributed by atoms with van der Waals surface area (Å²) in [6.07, 6.45) is -12.2. The summed E-state index contributed by atoms with van der Waals surface area (Å²) in [5, 5.41) is 1.14. The Morgan fingerprint density at radius 2 is 0.522 bits per heavy atom. The van der Waals surface area contributed by atoms with Gasteiger partial charge in [0, 0.05) is 11.4 Å². The Balaban J connectivity index is 2.30. The van der Waals surface area contributed by atoms with E-state index >= 15 is 0 Å². The fourth-order valence-electron chi connectivity index (χ4n) is 4.32. The van der Waals surface area contributed by atoms with Crippen LogP contribution in [-0.4, -0.2) is 108 Å². The molecule has 37 heteroatoms. The summed E-state index contributed by atoms with van der Waals surface area (Å²) in [6.45, 7) is 0. The average Bonchev–Trinajstić information content (AvgIpc) is 3.18. The van der Waals surface area contributed by atoms with Gasteiger partial charge in [0.15, 0.2) is 0 Å². The molecular formula is C30H12F32N2O3. The van der Waals surface area contributed by atoms with Gasteiger partial charge in [0.2, 0.25) is 0 Å². The summed E-state index contributed by atoms with van der Waals surface area (Å²) in [5.41, 5.74) is -2.70. The number of amides is 2. The first-order valence-electron chi connectivity index (χ1n) is 15.7. The Hall–Kier alpha value is -5.06. The third kappa shape index (κ3) is 8.38. The lowest BCUT2D eigenvalue weighted by molar-refractivity contribution is -0.443. The largest absolute Gasteiger partial charge is 0.457 e. The number of anilines is 2. The van der Waals surface area contributed by atoms with Gasteiger partial charge >= 0.3 is 108 Å². The lowest BCUT2D eigenvalue weighted by atomic mass is 9.89. The maximum Gasteiger partial charge on any atom is 0.393 e. The van der Waals surface area contributed by atoms with Crippen molar-refractivity contribution in [2.45, 2.75) is 95.8 Å². The number of hydrogen-bond acceptors (Lipinski definition) is 3. The topological polar surface area (TPSA) is 67.4 Å². The SMILES string of the molecule is O=C(Nc1ccc(Oc2ccc(NC(=O)C(F)(F)C(F)(F)C(F)(F)C(F)(F)C(F)(F)C(F)(F)C(F)(F)C(F)F)cc2)cc1)C(F)(F)C(F)(F)C(F)(F)C(F)(F)C(F)(F)C(F)(F)C(F)(F)C(F)F. The highest BCUT2D eigenvalue weighted by Gasteiger charge is 2.96. The summed E-state index contributed by atoms with van der Waals surface area (Å²) < 4.78 is 438. The van der Waals surface area contributed by atoms with Crippen LogP contribution in [0.5, 0.6) is 11.5 Å². The molecule has 0 bridgehead atoms. The van der Waals surface area contributed by atoms with Crippen molar-refractivity contribution in [1.29, 1.82) is 0 Å². The van der Waals surface area contributed by atoms with Crippen LogP contribution in [0.3, 0.4) is 0 Å². The number of carbonyl (C=O) groups excluding carboxylic acids is 2. The molecular weight excluding hydrogens is 1040 g/mol. The molecule has 2 aromatic rings. The van der Waals surface area contributed by atoms with Crippen LogP contribution in [0.1, 0.15) is 0 Å². The zero-order chi connectivity index (χ0) is 53.4. The molecule has 2 amide bonds. The Kier molecular flexibility index (Phi) is 14.6. The first kappa shape index (κ1) is 58.1. The fraction of sp³-hybridized carbons (Fsp3) is 0.533. The van der Waals surface area contributed by atoms with E-state index < -0.39 is 130 Å². The number of alkyl halides is 32. The number of hydrogen-bond donors (Lipinski definition) is 2. The molecule has 384 valence electrons. The van der Waals surface area contributed by atoms with Crippen molar-refractivity contribution in [2.24, 2.45) is 0 Å². The molecule has 0 radical (unpaired) electrons. The minimum Gasteiger partial charge on any atom is -0.457 e. The Morgan fingerprint density at radius 3 is 0.731 bits per heavy atom. The van der Waals surface area contributed by atoms with Crippen molar-refractivity contribution >= 4 is 23.2 Å². The second-order valence-electron chi connectivity index (χ2n) is 12.8. The van der Waals surface area contributed by atoms with Crippen LogP contribution in [0.2, 0.25) is 0 Å². The predicted octanol–water partition coefficient (Wildman–Crippen LogP) is 12.8. The molecule has 0 saturated carbocycles. The predicted molar refractivity (Wildman–Crippen MR) is 151 cm³/mol. The van der Waals surface area contributed by atoms with Crippen molar-refractivity contribution < 1.29 is 155 Å². The number of halogens is 32. The highest BCUT2D eigenvalue weighted by atomic mass is 19.4. The van der Waals surface area contributed by atoms with Crippen molar-refractivity contribution in [1.82, 2.24) is 0 Å². The van der Waals surface area contributed by atoms with Gasteiger partial charge in [0.1, 0.15) is 11.5 Å². The van der Waals surface area contributed by atoms with Crippen molar-refractivity contribution in [3.63, 3.8) is 0 Å². The Labute approximate surface area is 345 Å². The minimum atomic E-state index is -8.82. The van der Waals surface area contributed by atoms with E-state index in [1.807, 2.05) is 0 Å². The van der Waals surface area contributed by atoms with Gasteiger partial charge in [-0.1, -0.05) is 0 Å². The number of rotatable bonds is 20. The third-order valence-electron chi connectivity index (χ3n) is 8.36. The summed E-state index contributed by atoms with van der Waals surface area (Å²) in [5.74, 6) is -126. The molecule has 2 rings (SSSR count). The van der Waals surface area contributed by atoms with Gasteiger partial charge in [-0.15, -0.1) is 0 Å². The van der Waals surface area contributed by atoms with E-state index in [9.17, 15) is 150 Å². The van der Waals surface area contributed by atoms with Gasteiger partial charge in [-0.2, -0.15) is 123 Å². The van der Waals surface area contributed by atoms with Crippen LogP contribution in [0.25, 0.3) is 0 Å². The smallest absolute Gasteiger partial charge is 0.393 e. The fourth-order valence-corrected chi connectivity index (χ4v) is 4.32. The molecule has 0 heterocycles. The molecule has 0 aliphatic rings. The van der Waals surface area contributed by atoms with Crippen molar-refractivity contribution in [2.75, 3.05) is 10.6 Å². The summed E-state index contributed by atoms with van der Waals surface area (Å²) in [7, 11) is 0. The number of ether oxygens (including phenoxy) is 1. The quantitative estimate of drug-likeness (QED) is 0.130. The van der Waals surface area contributed by atoms with Crippen molar-refractivity contribution in [3.05, 3.63) is 48.5 Å². The second kappa shape index (κ2) is 16.9. The monoisotopic (exact) mass is 1060 g/mol. The Bertz CT molecular complexity index is 1950. The number of carbonyl (C=O) groups is 2. The van der Waals surface area contributed by atoms with E-state index in [1.54, 1.807) is 0 Å². The average molecular weight is 1060 g/mol. The maximum absolute atomic E-state index is 14.2. The molecule has 0 spiro atoms. The van der Waals surface area contributed by atoms with E-state index in [1.165, 1.54) is 0 Å². The van der Waals surface area contributed by atoms with Gasteiger partial charge < -0.3 is 15.4 Å². The highest BCUT2D eigenvalue weighted by Crippen LogP contribution is 2.65. The third-order valence-corrected chi connectivity index (χ3v) is 8.36. The lowest BCUT2D eigenvalue weighted by Crippen LogP contribution is -2.74. The van der Waals surface area contributed by atoms with Crippen LogP contribution in [0, 0.1) is 0 Å². The van der Waals surface area contributed by atoms with Gasteiger partial charge in [0.05, 0.1) is 0 Å². The first-order valence-corrected chi connectivity index (χ1v) is 15.7. The molecule has 2 aromatic carbocycles. The summed E-state index contributed by atoms with van der Waals surface area (Å²) in [4.78, 5) is 23.5. The van der Waals surface area contributed by atoms with E-state index in [2.05, 4.69) is 0 Å². The minimum absolute atomic E-state index is 0.187. The normalized spacial score (nSPS) is 15.3. The summed E-state index contributed by atoms with van der Waals surface area (Å²) >= 11 is 0. The van der Waals surface area contributed by atoms with E-state index in [4.69, 9.17) is 4.74 Å². The van der Waals surface area contributed by atoms with Gasteiger partial charge in [-0.25, -0.2) is 17.6 Å². The standard InChI is InChI=1S/C30H12F32N2O3/c31-13(32)17(35,36)21(43,44)25(51,52)29(59,60)27(55,56)23(47,48)19(39,40)15(65)63-9-1-5-11(6-2-9)67-12-7-3-10(4-8-12)64-16(66)20(41,42)24(49,50)28(57,58)30(61,62)26(53,54)22(45,46)18(37,38)14(33)34/h1-8,13-14H,(H,63,65)(H,64,66). The van der Waals surface area contributed by atoms with Gasteiger partial charge in [0.25, 0.3) is 0 Å². The molecule has 5 nitrogen and oxygen atoms in total. The lowest BCUT2D eigenvalue weighted by Gasteiger charge is -2.42. The second-order valence-corrected chi connectivity index (χ2v) is 12.8. The zero-order valence-corrected chi connectivity index (χ0v) is 30.1. The molecule has 0 aliphatic carbocycles. The molecule has 0 saturated heterocycles. The Morgan fingerprint density at radius 1 is 0.328 bits per heavy atom. The van der Waals surface area contributed by atoms with E-state index in [0.29, 0.717) is 34.9 Å². The highest BCUT2D eigenvalue weighted by molar-refractivity contribution is 5.97. The van der Waals surface area contributed by atoms with E-state index in [0.717, 1.165) is 0 Å². The van der Waals surface area contributed by atoms with Gasteiger partial charge in [-0.05, 0) is 48.5 Å².